The summed E-state index contributed by atoms with van der Waals surface area (Å²) >= 11 is 0. The Hall–Kier alpha value is -2.20. The normalized spacial score (nSPS) is 12.7. The van der Waals surface area contributed by atoms with Crippen molar-refractivity contribution in [2.45, 2.75) is 53.9 Å². The van der Waals surface area contributed by atoms with Crippen molar-refractivity contribution in [2.75, 3.05) is 58.9 Å². The Morgan fingerprint density at radius 2 is 1.28 bits per heavy atom. The van der Waals surface area contributed by atoms with Crippen LogP contribution in [-0.2, 0) is 9.59 Å². The van der Waals surface area contributed by atoms with E-state index in [1.54, 1.807) is 0 Å². The molecule has 0 aromatic heterocycles. The van der Waals surface area contributed by atoms with E-state index in [2.05, 4.69) is 30.8 Å². The summed E-state index contributed by atoms with van der Waals surface area (Å²) < 4.78 is 0. The van der Waals surface area contributed by atoms with E-state index in [1.807, 2.05) is 23.6 Å². The molecule has 32 heavy (non-hydrogen) atoms. The van der Waals surface area contributed by atoms with Crippen LogP contribution in [0.4, 0.5) is 0 Å². The molecule has 0 heterocycles. The molecule has 0 aromatic carbocycles. The average Bonchev–Trinajstić information content (AvgIpc) is 2.65. The highest BCUT2D eigenvalue weighted by atomic mass is 16.3. The lowest BCUT2D eigenvalue weighted by atomic mass is 9.95. The molecule has 0 aliphatic carbocycles. The van der Waals surface area contributed by atoms with Crippen molar-refractivity contribution in [1.29, 1.82) is 0 Å². The van der Waals surface area contributed by atoms with Gasteiger partial charge < -0.3 is 22.1 Å². The molecule has 6 N–H and O–H groups in total. The van der Waals surface area contributed by atoms with Gasteiger partial charge in [0.05, 0.1) is 19.6 Å². The number of nitrogens with two attached hydrogens (primary N) is 3. The summed E-state index contributed by atoms with van der Waals surface area (Å²) in [5, 5.41) is 2.86. The van der Waals surface area contributed by atoms with Gasteiger partial charge in [0.2, 0.25) is 11.8 Å². The number of allylic oxidation sites excluding steroid dienone is 2. The fraction of sp³-hybridized carbons (Fsp3) is 0.818. The number of carbonyl (C=O) groups excluding carboxylic acids is 2. The van der Waals surface area contributed by atoms with E-state index in [4.69, 9.17) is 17.2 Å². The van der Waals surface area contributed by atoms with E-state index in [0.29, 0.717) is 39.3 Å². The quantitative estimate of drug-likeness (QED) is 0.206. The Morgan fingerprint density at radius 1 is 0.781 bits per heavy atom. The zero-order valence-electron chi connectivity index (χ0n) is 20.7. The molecular weight excluding hydrogens is 410 g/mol. The molecule has 0 saturated carbocycles. The first-order valence-corrected chi connectivity index (χ1v) is 11.3. The highest BCUT2D eigenvalue weighted by Crippen LogP contribution is 2.19. The predicted octanol–water partition coefficient (Wildman–Crippen LogP) is 1.06. The first-order chi connectivity index (χ1) is 14.9. The number of amides is 2. The van der Waals surface area contributed by atoms with E-state index < -0.39 is 11.8 Å². The largest absolute Gasteiger partial charge is 0.401 e. The zero-order chi connectivity index (χ0) is 24.7. The van der Waals surface area contributed by atoms with Crippen LogP contribution in [0.25, 0.3) is 0 Å². The lowest BCUT2D eigenvalue weighted by Crippen LogP contribution is -2.45. The molecule has 0 saturated heterocycles. The van der Waals surface area contributed by atoms with Crippen molar-refractivity contribution in [2.24, 2.45) is 27.8 Å². The smallest absolute Gasteiger partial charge is 0.231 e. The first-order valence-electron chi connectivity index (χ1n) is 11.3. The van der Waals surface area contributed by atoms with Crippen LogP contribution in [-0.4, -0.2) is 85.4 Å². The number of unbranched alkanes of at least 4 members (excludes halogenated alkanes) is 2. The number of nitroso groups, excluding NO2 is 1. The van der Waals surface area contributed by atoms with Gasteiger partial charge >= 0.3 is 0 Å². The summed E-state index contributed by atoms with van der Waals surface area (Å²) in [5.74, 6) is -0.783. The molecule has 186 valence electrons. The van der Waals surface area contributed by atoms with Crippen LogP contribution in [0, 0.1) is 10.3 Å². The summed E-state index contributed by atoms with van der Waals surface area (Å²) in [6.07, 6.45) is 2.44. The molecule has 10 nitrogen and oxygen atoms in total. The summed E-state index contributed by atoms with van der Waals surface area (Å²) in [7, 11) is 0. The van der Waals surface area contributed by atoms with Gasteiger partial charge in [0.25, 0.3) is 0 Å². The summed E-state index contributed by atoms with van der Waals surface area (Å²) in [6, 6.07) is 0. The van der Waals surface area contributed by atoms with Gasteiger partial charge in [-0.05, 0) is 38.6 Å². The van der Waals surface area contributed by atoms with E-state index in [0.717, 1.165) is 37.2 Å². The number of carbonyl (C=O) groups is 2. The Kier molecular flexibility index (Phi) is 14.5. The molecule has 0 aromatic rings. The van der Waals surface area contributed by atoms with Crippen molar-refractivity contribution in [3.8, 4) is 0 Å². The van der Waals surface area contributed by atoms with Crippen LogP contribution >= 0.6 is 0 Å². The molecule has 10 heteroatoms. The SMILES string of the molecule is C/C(N)=C(\C)N(CCN(CCN(CCCCCN=O)CC(N)=O)CC(N)=O)CC(C)(C)C. The van der Waals surface area contributed by atoms with E-state index in [9.17, 15) is 14.5 Å². The maximum atomic E-state index is 11.6. The molecule has 0 rings (SSSR count). The summed E-state index contributed by atoms with van der Waals surface area (Å²) in [5.41, 5.74) is 18.8. The lowest BCUT2D eigenvalue weighted by molar-refractivity contribution is -0.120. The van der Waals surface area contributed by atoms with E-state index in [-0.39, 0.29) is 18.5 Å². The molecule has 0 spiro atoms. The maximum absolute atomic E-state index is 11.6. The predicted molar refractivity (Wildman–Crippen MR) is 129 cm³/mol. The number of rotatable bonds is 18. The fourth-order valence-corrected chi connectivity index (χ4v) is 3.40. The van der Waals surface area contributed by atoms with Gasteiger partial charge in [0, 0.05) is 44.1 Å². The minimum atomic E-state index is -0.392. The first kappa shape index (κ1) is 29.8. The molecule has 2 amide bonds. The van der Waals surface area contributed by atoms with Gasteiger partial charge in [0.15, 0.2) is 0 Å². The van der Waals surface area contributed by atoms with Gasteiger partial charge in [-0.3, -0.25) is 19.4 Å². The molecule has 0 fully saturated rings. The maximum Gasteiger partial charge on any atom is 0.231 e. The third kappa shape index (κ3) is 15.6. The summed E-state index contributed by atoms with van der Waals surface area (Å²) in [6.45, 7) is 15.1. The third-order valence-corrected chi connectivity index (χ3v) is 5.11. The molecule has 0 atom stereocenters. The van der Waals surface area contributed by atoms with E-state index >= 15 is 0 Å². The van der Waals surface area contributed by atoms with Crippen LogP contribution in [0.15, 0.2) is 16.6 Å². The van der Waals surface area contributed by atoms with Crippen molar-refractivity contribution in [3.63, 3.8) is 0 Å². The van der Waals surface area contributed by atoms with Gasteiger partial charge in [-0.25, -0.2) is 0 Å². The van der Waals surface area contributed by atoms with Crippen LogP contribution in [0.5, 0.6) is 0 Å². The van der Waals surface area contributed by atoms with Crippen LogP contribution in [0.1, 0.15) is 53.9 Å². The minimum Gasteiger partial charge on any atom is -0.401 e. The fourth-order valence-electron chi connectivity index (χ4n) is 3.40. The molecule has 0 radical (unpaired) electrons. The Balaban J connectivity index is 5.04. The third-order valence-electron chi connectivity index (χ3n) is 5.11. The number of nitrogens with zero attached hydrogens (tertiary/aromatic N) is 4. The van der Waals surface area contributed by atoms with Crippen molar-refractivity contribution >= 4 is 11.8 Å². The second kappa shape index (κ2) is 15.6. The second-order valence-electron chi connectivity index (χ2n) is 9.65. The standard InChI is InChI=1S/C22H45N7O3/c1-18(23)19(2)29(17-22(3,4)5)14-13-28(16-21(25)31)12-11-27(15-20(24)30)10-8-6-7-9-26-32/h6-17,23H2,1-5H3,(H2,24,30)(H2,25,31)/b19-18-. The Labute approximate surface area is 193 Å². The van der Waals surface area contributed by atoms with Crippen molar-refractivity contribution in [3.05, 3.63) is 16.3 Å². The van der Waals surface area contributed by atoms with Crippen LogP contribution < -0.4 is 17.2 Å². The number of primary amides is 2. The van der Waals surface area contributed by atoms with Gasteiger partial charge in [0.1, 0.15) is 0 Å². The zero-order valence-corrected chi connectivity index (χ0v) is 20.7. The van der Waals surface area contributed by atoms with Crippen molar-refractivity contribution < 1.29 is 9.59 Å². The molecular formula is C22H45N7O3. The lowest BCUT2D eigenvalue weighted by Gasteiger charge is -2.35. The topological polar surface area (TPSA) is 151 Å². The average molecular weight is 456 g/mol. The number of hydrogen-bond acceptors (Lipinski definition) is 8. The molecule has 0 unspecified atom stereocenters. The molecule has 0 aliphatic rings. The van der Waals surface area contributed by atoms with Gasteiger partial charge in [-0.15, -0.1) is 0 Å². The highest BCUT2D eigenvalue weighted by molar-refractivity contribution is 5.76. The second-order valence-corrected chi connectivity index (χ2v) is 9.65. The van der Waals surface area contributed by atoms with E-state index in [1.165, 1.54) is 0 Å². The van der Waals surface area contributed by atoms with Gasteiger partial charge in [-0.2, -0.15) is 4.91 Å². The van der Waals surface area contributed by atoms with Crippen molar-refractivity contribution in [1.82, 2.24) is 14.7 Å². The van der Waals surface area contributed by atoms with Crippen LogP contribution in [0.3, 0.4) is 0 Å². The van der Waals surface area contributed by atoms with Crippen LogP contribution in [0.2, 0.25) is 0 Å². The van der Waals surface area contributed by atoms with Gasteiger partial charge in [-0.1, -0.05) is 32.4 Å². The Bertz CT molecular complexity index is 613. The monoisotopic (exact) mass is 455 g/mol. The molecule has 0 aliphatic heterocycles. The number of hydrogen-bond donors (Lipinski definition) is 3. The summed E-state index contributed by atoms with van der Waals surface area (Å²) in [4.78, 5) is 39.5. The highest BCUT2D eigenvalue weighted by Gasteiger charge is 2.19. The minimum absolute atomic E-state index is 0.0862. The Morgan fingerprint density at radius 3 is 1.72 bits per heavy atom. The molecule has 0 bridgehead atoms.